The van der Waals surface area contributed by atoms with E-state index in [4.69, 9.17) is 4.74 Å². The van der Waals surface area contributed by atoms with E-state index in [1.807, 2.05) is 6.08 Å². The highest BCUT2D eigenvalue weighted by atomic mass is 16.5. The fourth-order valence-electron chi connectivity index (χ4n) is 1.33. The van der Waals surface area contributed by atoms with Crippen LogP contribution >= 0.6 is 0 Å². The Labute approximate surface area is 76.0 Å². The van der Waals surface area contributed by atoms with E-state index in [2.05, 4.69) is 16.9 Å². The van der Waals surface area contributed by atoms with Crippen molar-refractivity contribution < 1.29 is 9.53 Å². The number of hydrogen-bond donors (Lipinski definition) is 1. The van der Waals surface area contributed by atoms with Crippen LogP contribution in [0.4, 0.5) is 0 Å². The lowest BCUT2D eigenvalue weighted by Gasteiger charge is -2.23. The van der Waals surface area contributed by atoms with Crippen LogP contribution in [0.15, 0.2) is 28.9 Å². The van der Waals surface area contributed by atoms with Crippen LogP contribution in [-0.2, 0) is 9.53 Å². The molecule has 13 heavy (non-hydrogen) atoms. The number of rotatable bonds is 1. The van der Waals surface area contributed by atoms with Crippen LogP contribution < -0.4 is 5.32 Å². The fraction of sp³-hybridized carbons (Fsp3) is 0.333. The monoisotopic (exact) mass is 178 g/mol. The average Bonchev–Trinajstić information content (AvgIpc) is 2.56. The molecular formula is C9H10N2O2. The molecule has 0 bridgehead atoms. The third kappa shape index (κ3) is 1.53. The van der Waals surface area contributed by atoms with Gasteiger partial charge in [0.05, 0.1) is 13.2 Å². The summed E-state index contributed by atoms with van der Waals surface area (Å²) in [6.45, 7) is 4.63. The number of nitrogens with one attached hydrogen (secondary N) is 1. The molecule has 1 amide bonds. The zero-order valence-corrected chi connectivity index (χ0v) is 7.12. The maximum Gasteiger partial charge on any atom is 0.258 e. The predicted octanol–water partition coefficient (Wildman–Crippen LogP) is 0.0259. The lowest BCUT2D eigenvalue weighted by atomic mass is 10.1. The zero-order chi connectivity index (χ0) is 9.26. The van der Waals surface area contributed by atoms with E-state index in [0.717, 1.165) is 5.57 Å². The molecule has 4 nitrogen and oxygen atoms in total. The van der Waals surface area contributed by atoms with E-state index in [1.54, 1.807) is 6.21 Å². The molecule has 0 aromatic carbocycles. The Bertz CT molecular complexity index is 318. The van der Waals surface area contributed by atoms with Gasteiger partial charge in [-0.05, 0) is 0 Å². The van der Waals surface area contributed by atoms with Gasteiger partial charge in [-0.25, -0.2) is 0 Å². The summed E-state index contributed by atoms with van der Waals surface area (Å²) in [6, 6.07) is 0. The van der Waals surface area contributed by atoms with Crippen molar-refractivity contribution in [1.29, 1.82) is 0 Å². The van der Waals surface area contributed by atoms with Gasteiger partial charge in [-0.15, -0.1) is 0 Å². The smallest absolute Gasteiger partial charge is 0.258 e. The zero-order valence-electron chi connectivity index (χ0n) is 7.12. The van der Waals surface area contributed by atoms with Gasteiger partial charge in [-0.2, -0.15) is 0 Å². The molecule has 0 spiro atoms. The Balaban J connectivity index is 2.12. The number of ether oxygens (including phenoxy) is 1. The Kier molecular flexibility index (Phi) is 1.98. The highest BCUT2D eigenvalue weighted by Crippen LogP contribution is 2.13. The fourth-order valence-corrected chi connectivity index (χ4v) is 1.33. The van der Waals surface area contributed by atoms with Gasteiger partial charge in [0.25, 0.3) is 5.91 Å². The van der Waals surface area contributed by atoms with E-state index in [-0.39, 0.29) is 5.91 Å². The van der Waals surface area contributed by atoms with Crippen molar-refractivity contribution in [2.75, 3.05) is 13.2 Å². The normalized spacial score (nSPS) is 27.4. The molecule has 1 unspecified atom stereocenters. The standard InChI is InChI=1S/C9H10N2O2/c1-6-5-13-8(9(12)11-6)7-2-3-10-4-7/h2,4,8H,1,3,5H2,(H,11,12). The van der Waals surface area contributed by atoms with Crippen molar-refractivity contribution in [2.45, 2.75) is 6.10 Å². The predicted molar refractivity (Wildman–Crippen MR) is 48.5 cm³/mol. The van der Waals surface area contributed by atoms with Gasteiger partial charge in [-0.1, -0.05) is 12.7 Å². The van der Waals surface area contributed by atoms with Gasteiger partial charge < -0.3 is 10.1 Å². The first-order chi connectivity index (χ1) is 6.27. The molecule has 4 heteroatoms. The van der Waals surface area contributed by atoms with Crippen molar-refractivity contribution >= 4 is 12.1 Å². The largest absolute Gasteiger partial charge is 0.357 e. The van der Waals surface area contributed by atoms with Crippen LogP contribution in [-0.4, -0.2) is 31.4 Å². The van der Waals surface area contributed by atoms with Gasteiger partial charge in [0, 0.05) is 17.5 Å². The molecule has 2 rings (SSSR count). The summed E-state index contributed by atoms with van der Waals surface area (Å²) >= 11 is 0. The highest BCUT2D eigenvalue weighted by molar-refractivity contribution is 5.96. The molecule has 2 aliphatic rings. The SMILES string of the molecule is C=C1COC(C2=CCN=C2)C(=O)N1. The first-order valence-electron chi connectivity index (χ1n) is 4.07. The van der Waals surface area contributed by atoms with Crippen molar-refractivity contribution in [3.05, 3.63) is 23.9 Å². The lowest BCUT2D eigenvalue weighted by Crippen LogP contribution is -2.43. The van der Waals surface area contributed by atoms with Gasteiger partial charge in [0.1, 0.15) is 0 Å². The van der Waals surface area contributed by atoms with Crippen LogP contribution in [0.25, 0.3) is 0 Å². The van der Waals surface area contributed by atoms with Crippen LogP contribution in [0, 0.1) is 0 Å². The highest BCUT2D eigenvalue weighted by Gasteiger charge is 2.28. The summed E-state index contributed by atoms with van der Waals surface area (Å²) in [6.07, 6.45) is 3.06. The van der Waals surface area contributed by atoms with Crippen molar-refractivity contribution in [2.24, 2.45) is 4.99 Å². The van der Waals surface area contributed by atoms with Gasteiger partial charge in [0.2, 0.25) is 0 Å². The topological polar surface area (TPSA) is 50.7 Å². The second kappa shape index (κ2) is 3.14. The average molecular weight is 178 g/mol. The number of hydrogen-bond acceptors (Lipinski definition) is 3. The summed E-state index contributed by atoms with van der Waals surface area (Å²) in [7, 11) is 0. The van der Waals surface area contributed by atoms with E-state index < -0.39 is 6.10 Å². The minimum atomic E-state index is -0.503. The van der Waals surface area contributed by atoms with Crippen LogP contribution in [0.5, 0.6) is 0 Å². The summed E-state index contributed by atoms with van der Waals surface area (Å²) < 4.78 is 5.32. The first-order valence-corrected chi connectivity index (χ1v) is 4.07. The number of morpholine rings is 1. The Morgan fingerprint density at radius 3 is 3.15 bits per heavy atom. The van der Waals surface area contributed by atoms with Crippen LogP contribution in [0.1, 0.15) is 0 Å². The van der Waals surface area contributed by atoms with E-state index in [9.17, 15) is 4.79 Å². The second-order valence-corrected chi connectivity index (χ2v) is 2.98. The molecule has 0 saturated carbocycles. The maximum absolute atomic E-state index is 11.4. The quantitative estimate of drug-likeness (QED) is 0.615. The number of carbonyl (C=O) groups excluding carboxylic acids is 1. The summed E-state index contributed by atoms with van der Waals surface area (Å²) in [4.78, 5) is 15.4. The van der Waals surface area contributed by atoms with Crippen molar-refractivity contribution in [1.82, 2.24) is 5.32 Å². The first kappa shape index (κ1) is 8.19. The number of amides is 1. The van der Waals surface area contributed by atoms with E-state index in [0.29, 0.717) is 18.8 Å². The third-order valence-electron chi connectivity index (χ3n) is 1.94. The number of carbonyl (C=O) groups is 1. The van der Waals surface area contributed by atoms with Crippen LogP contribution in [0.3, 0.4) is 0 Å². The Hall–Kier alpha value is -1.42. The van der Waals surface area contributed by atoms with E-state index >= 15 is 0 Å². The summed E-state index contributed by atoms with van der Waals surface area (Å²) in [5, 5.41) is 2.65. The molecule has 1 N–H and O–H groups in total. The van der Waals surface area contributed by atoms with E-state index in [1.165, 1.54) is 0 Å². The molecule has 1 saturated heterocycles. The van der Waals surface area contributed by atoms with Gasteiger partial charge in [0.15, 0.2) is 6.10 Å². The molecule has 0 aromatic heterocycles. The molecular weight excluding hydrogens is 168 g/mol. The molecule has 1 atom stereocenters. The molecule has 1 fully saturated rings. The molecule has 2 aliphatic heterocycles. The molecule has 0 aromatic rings. The van der Waals surface area contributed by atoms with Crippen molar-refractivity contribution in [3.63, 3.8) is 0 Å². The third-order valence-corrected chi connectivity index (χ3v) is 1.94. The molecule has 0 aliphatic carbocycles. The molecule has 2 heterocycles. The second-order valence-electron chi connectivity index (χ2n) is 2.98. The Morgan fingerprint density at radius 2 is 2.54 bits per heavy atom. The minimum absolute atomic E-state index is 0.157. The molecule has 68 valence electrons. The Morgan fingerprint density at radius 1 is 1.69 bits per heavy atom. The molecule has 0 radical (unpaired) electrons. The maximum atomic E-state index is 11.4. The van der Waals surface area contributed by atoms with Gasteiger partial charge in [-0.3, -0.25) is 9.79 Å². The van der Waals surface area contributed by atoms with Crippen LogP contribution in [0.2, 0.25) is 0 Å². The number of aliphatic imine (C=N–C) groups is 1. The summed E-state index contributed by atoms with van der Waals surface area (Å²) in [5.41, 5.74) is 1.45. The van der Waals surface area contributed by atoms with Gasteiger partial charge >= 0.3 is 0 Å². The lowest BCUT2D eigenvalue weighted by molar-refractivity contribution is -0.132. The number of nitrogens with zero attached hydrogens (tertiary/aromatic N) is 1. The summed E-state index contributed by atoms with van der Waals surface area (Å²) in [5.74, 6) is -0.157. The minimum Gasteiger partial charge on any atom is -0.357 e. The van der Waals surface area contributed by atoms with Crippen molar-refractivity contribution in [3.8, 4) is 0 Å².